The van der Waals surface area contributed by atoms with Gasteiger partial charge in [-0.25, -0.2) is 0 Å². The van der Waals surface area contributed by atoms with Crippen molar-refractivity contribution in [2.45, 2.75) is 13.8 Å². The Kier molecular flexibility index (Phi) is 6.91. The third kappa shape index (κ3) is 5.25. The molecule has 170 valence electrons. The first kappa shape index (κ1) is 23.4. The van der Waals surface area contributed by atoms with E-state index in [1.54, 1.807) is 74.5 Å². The average Bonchev–Trinajstić information content (AvgIpc) is 2.82. The zero-order valence-electron chi connectivity index (χ0n) is 18.4. The molecular weight excluding hydrogens is 471 g/mol. The minimum atomic E-state index is 0.163. The molecule has 0 saturated heterocycles. The number of benzene rings is 4. The van der Waals surface area contributed by atoms with Crippen molar-refractivity contribution in [2.75, 3.05) is 0 Å². The quantitative estimate of drug-likeness (QED) is 0.272. The number of nitrogens with zero attached hydrogens (tertiary/aromatic N) is 4. The van der Waals surface area contributed by atoms with Crippen molar-refractivity contribution in [3.8, 4) is 22.6 Å². The predicted octanol–water partition coefficient (Wildman–Crippen LogP) is 9.52. The van der Waals surface area contributed by atoms with E-state index in [9.17, 15) is 10.2 Å². The van der Waals surface area contributed by atoms with Gasteiger partial charge in [-0.05, 0) is 85.1 Å². The van der Waals surface area contributed by atoms with Crippen LogP contribution in [0.4, 0.5) is 22.7 Å². The molecule has 2 N–H and O–H groups in total. The van der Waals surface area contributed by atoms with E-state index in [1.165, 1.54) is 0 Å². The van der Waals surface area contributed by atoms with Crippen LogP contribution in [0, 0.1) is 13.8 Å². The van der Waals surface area contributed by atoms with Gasteiger partial charge in [0, 0.05) is 5.56 Å². The van der Waals surface area contributed by atoms with E-state index in [-0.39, 0.29) is 11.5 Å². The first-order valence-electron chi connectivity index (χ1n) is 10.3. The molecule has 0 unspecified atom stereocenters. The lowest BCUT2D eigenvalue weighted by Gasteiger charge is -2.06. The van der Waals surface area contributed by atoms with Crippen LogP contribution < -0.4 is 0 Å². The topological polar surface area (TPSA) is 89.9 Å². The molecule has 0 atom stereocenters. The number of phenols is 2. The van der Waals surface area contributed by atoms with Gasteiger partial charge in [0.15, 0.2) is 0 Å². The maximum absolute atomic E-state index is 9.81. The zero-order chi connectivity index (χ0) is 24.2. The molecule has 4 rings (SSSR count). The summed E-state index contributed by atoms with van der Waals surface area (Å²) in [7, 11) is 0. The molecule has 0 amide bonds. The van der Waals surface area contributed by atoms with Crippen LogP contribution >= 0.6 is 23.2 Å². The Morgan fingerprint density at radius 2 is 1.18 bits per heavy atom. The molecule has 0 saturated carbocycles. The van der Waals surface area contributed by atoms with E-state index >= 15 is 0 Å². The summed E-state index contributed by atoms with van der Waals surface area (Å²) in [6.07, 6.45) is 0. The minimum absolute atomic E-state index is 0.163. The van der Waals surface area contributed by atoms with Crippen molar-refractivity contribution in [1.29, 1.82) is 0 Å². The second kappa shape index (κ2) is 10.0. The molecule has 0 aromatic heterocycles. The van der Waals surface area contributed by atoms with Gasteiger partial charge in [-0.1, -0.05) is 41.4 Å². The molecule has 8 heteroatoms. The van der Waals surface area contributed by atoms with E-state index in [1.807, 2.05) is 12.1 Å². The summed E-state index contributed by atoms with van der Waals surface area (Å²) in [5, 5.41) is 37.2. The molecule has 0 spiro atoms. The van der Waals surface area contributed by atoms with Crippen molar-refractivity contribution in [3.05, 3.63) is 94.0 Å². The second-order valence-electron chi connectivity index (χ2n) is 7.62. The maximum atomic E-state index is 9.81. The van der Waals surface area contributed by atoms with Gasteiger partial charge in [0.05, 0.1) is 21.4 Å². The third-order valence-corrected chi connectivity index (χ3v) is 5.83. The van der Waals surface area contributed by atoms with Gasteiger partial charge < -0.3 is 10.2 Å². The van der Waals surface area contributed by atoms with E-state index < -0.39 is 0 Å². The Morgan fingerprint density at radius 3 is 1.76 bits per heavy atom. The van der Waals surface area contributed by atoms with Gasteiger partial charge in [-0.15, -0.1) is 10.2 Å². The highest BCUT2D eigenvalue weighted by atomic mass is 35.5. The number of azo groups is 2. The molecular formula is C26H20Cl2N4O2. The van der Waals surface area contributed by atoms with Crippen LogP contribution in [0.25, 0.3) is 11.1 Å². The third-order valence-electron chi connectivity index (χ3n) is 5.22. The molecule has 34 heavy (non-hydrogen) atoms. The Bertz CT molecular complexity index is 1430. The molecule has 4 aromatic carbocycles. The fraction of sp³-hybridized carbons (Fsp3) is 0.0769. The number of hydrogen-bond donors (Lipinski definition) is 2. The van der Waals surface area contributed by atoms with Gasteiger partial charge >= 0.3 is 0 Å². The molecule has 0 aliphatic heterocycles. The molecule has 6 nitrogen and oxygen atoms in total. The molecule has 0 aliphatic carbocycles. The molecule has 4 aromatic rings. The van der Waals surface area contributed by atoms with E-state index in [2.05, 4.69) is 20.5 Å². The summed E-state index contributed by atoms with van der Waals surface area (Å²) >= 11 is 12.9. The van der Waals surface area contributed by atoms with Crippen LogP contribution in [-0.2, 0) is 0 Å². The summed E-state index contributed by atoms with van der Waals surface area (Å²) in [6.45, 7) is 3.56. The summed E-state index contributed by atoms with van der Waals surface area (Å²) in [5.41, 5.74) is 5.30. The molecule has 0 radical (unpaired) electrons. The van der Waals surface area contributed by atoms with E-state index in [0.29, 0.717) is 38.4 Å². The maximum Gasteiger partial charge on any atom is 0.120 e. The minimum Gasteiger partial charge on any atom is -0.508 e. The SMILES string of the molecule is Cc1cc(N=Nc2ccc(-c3ccc(N=Nc4cccc(O)c4C)c(Cl)c3)cc2Cl)ccc1O. The van der Waals surface area contributed by atoms with Gasteiger partial charge in [-0.3, -0.25) is 0 Å². The van der Waals surface area contributed by atoms with Crippen molar-refractivity contribution < 1.29 is 10.2 Å². The lowest BCUT2D eigenvalue weighted by Crippen LogP contribution is -1.80. The number of aryl methyl sites for hydroxylation is 1. The Labute approximate surface area is 206 Å². The van der Waals surface area contributed by atoms with Gasteiger partial charge in [-0.2, -0.15) is 10.2 Å². The van der Waals surface area contributed by atoms with Crippen LogP contribution in [-0.4, -0.2) is 10.2 Å². The highest BCUT2D eigenvalue weighted by Gasteiger charge is 2.08. The summed E-state index contributed by atoms with van der Waals surface area (Å²) in [4.78, 5) is 0. The first-order chi connectivity index (χ1) is 16.3. The number of aromatic hydroxyl groups is 2. The fourth-order valence-electron chi connectivity index (χ4n) is 3.18. The van der Waals surface area contributed by atoms with Crippen molar-refractivity contribution in [3.63, 3.8) is 0 Å². The van der Waals surface area contributed by atoms with Gasteiger partial charge in [0.1, 0.15) is 22.9 Å². The number of halogens is 2. The van der Waals surface area contributed by atoms with Crippen molar-refractivity contribution >= 4 is 46.0 Å². The fourth-order valence-corrected chi connectivity index (χ4v) is 3.61. The van der Waals surface area contributed by atoms with E-state index in [4.69, 9.17) is 23.2 Å². The van der Waals surface area contributed by atoms with Crippen molar-refractivity contribution in [2.24, 2.45) is 20.5 Å². The van der Waals surface area contributed by atoms with Gasteiger partial charge in [0.25, 0.3) is 0 Å². The number of hydrogen-bond acceptors (Lipinski definition) is 6. The van der Waals surface area contributed by atoms with E-state index in [0.717, 1.165) is 16.7 Å². The lowest BCUT2D eigenvalue weighted by molar-refractivity contribution is 0.471. The average molecular weight is 491 g/mol. The largest absolute Gasteiger partial charge is 0.508 e. The van der Waals surface area contributed by atoms with Crippen LogP contribution in [0.2, 0.25) is 10.0 Å². The summed E-state index contributed by atoms with van der Waals surface area (Å²) in [6, 6.07) is 21.0. The van der Waals surface area contributed by atoms with Crippen LogP contribution in [0.15, 0.2) is 93.3 Å². The van der Waals surface area contributed by atoms with Crippen LogP contribution in [0.1, 0.15) is 11.1 Å². The smallest absolute Gasteiger partial charge is 0.120 e. The van der Waals surface area contributed by atoms with Crippen LogP contribution in [0.5, 0.6) is 11.5 Å². The Balaban J connectivity index is 1.54. The number of rotatable bonds is 5. The number of phenolic OH excluding ortho intramolecular Hbond substituents is 2. The summed E-state index contributed by atoms with van der Waals surface area (Å²) in [5.74, 6) is 0.373. The monoisotopic (exact) mass is 490 g/mol. The zero-order valence-corrected chi connectivity index (χ0v) is 19.9. The highest BCUT2D eigenvalue weighted by molar-refractivity contribution is 6.34. The molecule has 0 aliphatic rings. The standard InChI is InChI=1S/C26H20Cl2N4O2/c1-15-12-19(8-11-25(15)33)29-31-23-9-6-17(13-20(23)27)18-7-10-24(21(28)14-18)32-30-22-4-3-5-26(34)16(22)2/h3-14,33-34H,1-2H3. The Morgan fingerprint density at radius 1 is 0.588 bits per heavy atom. The van der Waals surface area contributed by atoms with Crippen LogP contribution in [0.3, 0.4) is 0 Å². The molecule has 0 heterocycles. The van der Waals surface area contributed by atoms with Gasteiger partial charge in [0.2, 0.25) is 0 Å². The second-order valence-corrected chi connectivity index (χ2v) is 8.44. The Hall–Kier alpha value is -3.74. The molecule has 0 bridgehead atoms. The normalized spacial score (nSPS) is 11.5. The van der Waals surface area contributed by atoms with Crippen molar-refractivity contribution in [1.82, 2.24) is 0 Å². The lowest BCUT2D eigenvalue weighted by atomic mass is 10.1. The molecule has 0 fully saturated rings. The first-order valence-corrected chi connectivity index (χ1v) is 11.1. The predicted molar refractivity (Wildman–Crippen MR) is 136 cm³/mol. The summed E-state index contributed by atoms with van der Waals surface area (Å²) < 4.78 is 0. The highest BCUT2D eigenvalue weighted by Crippen LogP contribution is 2.36.